The monoisotopic (exact) mass is 337 g/mol. The van der Waals surface area contributed by atoms with Crippen LogP contribution in [0.25, 0.3) is 6.08 Å². The predicted octanol–water partition coefficient (Wildman–Crippen LogP) is 1.79. The Morgan fingerprint density at radius 1 is 1.00 bits per heavy atom. The molecule has 132 valence electrons. The van der Waals surface area contributed by atoms with Gasteiger partial charge in [0.05, 0.1) is 28.4 Å². The van der Waals surface area contributed by atoms with E-state index in [-0.39, 0.29) is 0 Å². The van der Waals surface area contributed by atoms with Gasteiger partial charge >= 0.3 is 5.97 Å². The number of benzene rings is 1. The molecule has 0 saturated carbocycles. The lowest BCUT2D eigenvalue weighted by atomic mass is 10.1. The SMILES string of the molecule is COC(=O)C(C)(C)NC(=O)/C=C/c1ccc(OC)c(OC)c1OC. The number of nitrogens with one attached hydrogen (secondary N) is 1. The second-order valence-electron chi connectivity index (χ2n) is 5.36. The van der Waals surface area contributed by atoms with Gasteiger partial charge in [-0.05, 0) is 32.1 Å². The largest absolute Gasteiger partial charge is 0.493 e. The number of amides is 1. The number of carbonyl (C=O) groups is 2. The van der Waals surface area contributed by atoms with E-state index in [0.717, 1.165) is 0 Å². The summed E-state index contributed by atoms with van der Waals surface area (Å²) >= 11 is 0. The molecular formula is C17H23NO6. The summed E-state index contributed by atoms with van der Waals surface area (Å²) in [6.45, 7) is 3.11. The third-order valence-electron chi connectivity index (χ3n) is 3.28. The van der Waals surface area contributed by atoms with Gasteiger partial charge in [-0.1, -0.05) is 0 Å². The molecule has 1 rings (SSSR count). The van der Waals surface area contributed by atoms with Gasteiger partial charge in [-0.2, -0.15) is 0 Å². The Morgan fingerprint density at radius 3 is 2.12 bits per heavy atom. The summed E-state index contributed by atoms with van der Waals surface area (Å²) in [6.07, 6.45) is 2.86. The minimum Gasteiger partial charge on any atom is -0.493 e. The Kier molecular flexibility index (Phi) is 6.64. The summed E-state index contributed by atoms with van der Waals surface area (Å²) in [7, 11) is 5.78. The van der Waals surface area contributed by atoms with Crippen LogP contribution in [0.1, 0.15) is 19.4 Å². The minimum absolute atomic E-state index is 0.428. The third-order valence-corrected chi connectivity index (χ3v) is 3.28. The molecule has 7 heteroatoms. The number of hydrogen-bond acceptors (Lipinski definition) is 6. The zero-order valence-corrected chi connectivity index (χ0v) is 14.8. The molecule has 0 saturated heterocycles. The van der Waals surface area contributed by atoms with E-state index in [9.17, 15) is 9.59 Å². The van der Waals surface area contributed by atoms with E-state index in [0.29, 0.717) is 22.8 Å². The highest BCUT2D eigenvalue weighted by Crippen LogP contribution is 2.40. The van der Waals surface area contributed by atoms with Crippen molar-refractivity contribution in [2.24, 2.45) is 0 Å². The first-order valence-electron chi connectivity index (χ1n) is 7.18. The number of carbonyl (C=O) groups excluding carboxylic acids is 2. The van der Waals surface area contributed by atoms with E-state index in [4.69, 9.17) is 14.2 Å². The second-order valence-corrected chi connectivity index (χ2v) is 5.36. The summed E-state index contributed by atoms with van der Waals surface area (Å²) in [6, 6.07) is 3.44. The van der Waals surface area contributed by atoms with Gasteiger partial charge in [-0.3, -0.25) is 4.79 Å². The maximum Gasteiger partial charge on any atom is 0.330 e. The average Bonchev–Trinajstić information content (AvgIpc) is 2.57. The van der Waals surface area contributed by atoms with Crippen LogP contribution in [-0.4, -0.2) is 45.9 Å². The van der Waals surface area contributed by atoms with Gasteiger partial charge in [0.1, 0.15) is 5.54 Å². The highest BCUT2D eigenvalue weighted by Gasteiger charge is 2.29. The summed E-state index contributed by atoms with van der Waals surface area (Å²) in [5, 5.41) is 2.57. The molecule has 0 unspecified atom stereocenters. The Bertz CT molecular complexity index is 636. The van der Waals surface area contributed by atoms with Crippen LogP contribution in [0.3, 0.4) is 0 Å². The van der Waals surface area contributed by atoms with Gasteiger partial charge in [0.25, 0.3) is 0 Å². The minimum atomic E-state index is -1.13. The molecule has 0 radical (unpaired) electrons. The average molecular weight is 337 g/mol. The van der Waals surface area contributed by atoms with Crippen LogP contribution >= 0.6 is 0 Å². The van der Waals surface area contributed by atoms with E-state index in [1.807, 2.05) is 0 Å². The lowest BCUT2D eigenvalue weighted by Crippen LogP contribution is -2.49. The van der Waals surface area contributed by atoms with E-state index in [1.54, 1.807) is 32.1 Å². The maximum absolute atomic E-state index is 12.0. The van der Waals surface area contributed by atoms with E-state index in [1.165, 1.54) is 34.5 Å². The number of ether oxygens (including phenoxy) is 4. The predicted molar refractivity (Wildman–Crippen MR) is 89.4 cm³/mol. The molecule has 0 aliphatic rings. The topological polar surface area (TPSA) is 83.1 Å². The normalized spacial score (nSPS) is 11.1. The molecule has 0 atom stereocenters. The van der Waals surface area contributed by atoms with Gasteiger partial charge in [0, 0.05) is 11.6 Å². The van der Waals surface area contributed by atoms with Gasteiger partial charge in [-0.25, -0.2) is 4.79 Å². The zero-order chi connectivity index (χ0) is 18.3. The Labute approximate surface area is 141 Å². The van der Waals surface area contributed by atoms with E-state index >= 15 is 0 Å². The molecule has 1 aromatic rings. The van der Waals surface area contributed by atoms with Crippen LogP contribution in [0, 0.1) is 0 Å². The van der Waals surface area contributed by atoms with Crippen molar-refractivity contribution < 1.29 is 28.5 Å². The molecule has 1 N–H and O–H groups in total. The molecule has 0 aliphatic carbocycles. The third kappa shape index (κ3) is 4.41. The van der Waals surface area contributed by atoms with Crippen LogP contribution in [0.4, 0.5) is 0 Å². The second kappa shape index (κ2) is 8.24. The van der Waals surface area contributed by atoms with Crippen LogP contribution in [0.15, 0.2) is 18.2 Å². The molecule has 1 aromatic carbocycles. The first-order valence-corrected chi connectivity index (χ1v) is 7.18. The Balaban J connectivity index is 3.02. The fourth-order valence-corrected chi connectivity index (χ4v) is 2.08. The van der Waals surface area contributed by atoms with Gasteiger partial charge in [0.2, 0.25) is 11.7 Å². The standard InChI is InChI=1S/C17H23NO6/c1-17(2,16(20)24-6)18-13(19)10-8-11-7-9-12(21-3)15(23-5)14(11)22-4/h7-10H,1-6H3,(H,18,19)/b10-8+. The first kappa shape index (κ1) is 19.3. The summed E-state index contributed by atoms with van der Waals surface area (Å²) < 4.78 is 20.5. The molecule has 0 bridgehead atoms. The van der Waals surface area contributed by atoms with Crippen molar-refractivity contribution in [2.75, 3.05) is 28.4 Å². The van der Waals surface area contributed by atoms with Crippen LogP contribution in [-0.2, 0) is 14.3 Å². The van der Waals surface area contributed by atoms with Crippen LogP contribution in [0.2, 0.25) is 0 Å². The van der Waals surface area contributed by atoms with Crippen LogP contribution < -0.4 is 19.5 Å². The highest BCUT2D eigenvalue weighted by molar-refractivity contribution is 5.96. The Hall–Kier alpha value is -2.70. The molecule has 24 heavy (non-hydrogen) atoms. The zero-order valence-electron chi connectivity index (χ0n) is 14.8. The van der Waals surface area contributed by atoms with Gasteiger partial charge < -0.3 is 24.3 Å². The van der Waals surface area contributed by atoms with Crippen molar-refractivity contribution in [1.29, 1.82) is 0 Å². The summed E-state index contributed by atoms with van der Waals surface area (Å²) in [5.74, 6) is 0.406. The fraction of sp³-hybridized carbons (Fsp3) is 0.412. The molecule has 0 heterocycles. The number of rotatable bonds is 7. The van der Waals surface area contributed by atoms with Gasteiger partial charge in [-0.15, -0.1) is 0 Å². The van der Waals surface area contributed by atoms with Crippen molar-refractivity contribution in [3.05, 3.63) is 23.8 Å². The highest BCUT2D eigenvalue weighted by atomic mass is 16.5. The molecule has 7 nitrogen and oxygen atoms in total. The molecule has 0 aromatic heterocycles. The number of esters is 1. The van der Waals surface area contributed by atoms with Crippen molar-refractivity contribution >= 4 is 18.0 Å². The fourth-order valence-electron chi connectivity index (χ4n) is 2.08. The molecule has 1 amide bonds. The van der Waals surface area contributed by atoms with E-state index < -0.39 is 17.4 Å². The summed E-state index contributed by atoms with van der Waals surface area (Å²) in [5.41, 5.74) is -0.501. The molecule has 0 aliphatic heterocycles. The lowest BCUT2D eigenvalue weighted by Gasteiger charge is -2.22. The smallest absolute Gasteiger partial charge is 0.330 e. The van der Waals surface area contributed by atoms with Crippen LogP contribution in [0.5, 0.6) is 17.2 Å². The Morgan fingerprint density at radius 2 is 1.62 bits per heavy atom. The van der Waals surface area contributed by atoms with Crippen molar-refractivity contribution in [3.8, 4) is 17.2 Å². The maximum atomic E-state index is 12.0. The van der Waals surface area contributed by atoms with Crippen molar-refractivity contribution in [1.82, 2.24) is 5.32 Å². The quantitative estimate of drug-likeness (QED) is 0.603. The molecule has 0 spiro atoms. The van der Waals surface area contributed by atoms with Crippen molar-refractivity contribution in [2.45, 2.75) is 19.4 Å². The van der Waals surface area contributed by atoms with E-state index in [2.05, 4.69) is 10.1 Å². The van der Waals surface area contributed by atoms with Crippen molar-refractivity contribution in [3.63, 3.8) is 0 Å². The summed E-state index contributed by atoms with van der Waals surface area (Å²) in [4.78, 5) is 23.6. The molecule has 0 fully saturated rings. The first-order chi connectivity index (χ1) is 11.3. The number of methoxy groups -OCH3 is 4. The lowest BCUT2D eigenvalue weighted by molar-refractivity contribution is -0.148. The number of hydrogen-bond donors (Lipinski definition) is 1. The van der Waals surface area contributed by atoms with Gasteiger partial charge in [0.15, 0.2) is 11.5 Å². The molecular weight excluding hydrogens is 314 g/mol.